The Morgan fingerprint density at radius 3 is 2.49 bits per heavy atom. The molecule has 0 saturated carbocycles. The Balaban J connectivity index is 1.54. The van der Waals surface area contributed by atoms with Crippen LogP contribution in [0.15, 0.2) is 55.1 Å². The Hall–Kier alpha value is -4.36. The number of benzene rings is 1. The summed E-state index contributed by atoms with van der Waals surface area (Å²) in [5, 5.41) is 13.1. The Bertz CT molecular complexity index is 1660. The third kappa shape index (κ3) is 5.89. The van der Waals surface area contributed by atoms with E-state index in [1.54, 1.807) is 48.9 Å². The number of aromatic nitrogens is 4. The number of carbonyl (C=O) groups excluding carboxylic acids is 2. The highest BCUT2D eigenvalue weighted by atomic mass is 32.2. The van der Waals surface area contributed by atoms with Crippen LogP contribution in [0.2, 0.25) is 0 Å². The van der Waals surface area contributed by atoms with Crippen molar-refractivity contribution in [3.8, 4) is 0 Å². The Morgan fingerprint density at radius 2 is 1.85 bits per heavy atom. The van der Waals surface area contributed by atoms with Gasteiger partial charge in [0.15, 0.2) is 5.78 Å². The molecule has 0 saturated heterocycles. The number of sulfonamides is 1. The second kappa shape index (κ2) is 10.4. The predicted octanol–water partition coefficient (Wildman–Crippen LogP) is 1.94. The van der Waals surface area contributed by atoms with Crippen molar-refractivity contribution in [2.75, 3.05) is 35.3 Å². The fourth-order valence-corrected chi connectivity index (χ4v) is 4.44. The second-order valence-electron chi connectivity index (χ2n) is 9.76. The van der Waals surface area contributed by atoms with E-state index in [4.69, 9.17) is 5.73 Å². The summed E-state index contributed by atoms with van der Waals surface area (Å²) >= 11 is 0. The van der Waals surface area contributed by atoms with Crippen LogP contribution in [0.5, 0.6) is 0 Å². The maximum atomic E-state index is 13.5. The number of nitrogens with zero attached hydrogens (tertiary/aromatic N) is 5. The molecule has 1 aromatic carbocycles. The number of nitrogens with one attached hydrogen (secondary N) is 1. The minimum atomic E-state index is -3.39. The normalized spacial score (nSPS) is 11.9. The molecule has 204 valence electrons. The average Bonchev–Trinajstić information content (AvgIpc) is 3.27. The lowest BCUT2D eigenvalue weighted by molar-refractivity contribution is -0.115. The molecule has 0 aliphatic rings. The molecular weight excluding hydrogens is 522 g/mol. The predicted molar refractivity (Wildman–Crippen MR) is 148 cm³/mol. The minimum absolute atomic E-state index is 0.0313. The molecule has 1 amide bonds. The van der Waals surface area contributed by atoms with Crippen LogP contribution in [0.4, 0.5) is 17.3 Å². The van der Waals surface area contributed by atoms with Gasteiger partial charge in [-0.1, -0.05) is 12.1 Å². The number of fused-ring (bicyclic) bond motifs is 1. The number of amides is 1. The third-order valence-electron chi connectivity index (χ3n) is 6.29. The largest absolute Gasteiger partial charge is 0.394 e. The van der Waals surface area contributed by atoms with Crippen molar-refractivity contribution in [3.63, 3.8) is 0 Å². The van der Waals surface area contributed by atoms with E-state index in [0.29, 0.717) is 33.5 Å². The lowest BCUT2D eigenvalue weighted by Crippen LogP contribution is -2.30. The molecule has 0 spiro atoms. The number of nitrogens with two attached hydrogens (primary N) is 1. The first-order valence-corrected chi connectivity index (χ1v) is 13.7. The fourth-order valence-electron chi connectivity index (χ4n) is 3.93. The van der Waals surface area contributed by atoms with Crippen molar-refractivity contribution in [1.82, 2.24) is 19.5 Å². The number of hydrogen-bond acceptors (Lipinski definition) is 9. The summed E-state index contributed by atoms with van der Waals surface area (Å²) < 4.78 is 26.3. The molecule has 12 nitrogen and oxygen atoms in total. The summed E-state index contributed by atoms with van der Waals surface area (Å²) in [7, 11) is -1.94. The van der Waals surface area contributed by atoms with Gasteiger partial charge in [-0.3, -0.25) is 18.9 Å². The van der Waals surface area contributed by atoms with E-state index < -0.39 is 15.6 Å². The number of hydrogen-bond donors (Lipinski definition) is 3. The minimum Gasteiger partial charge on any atom is -0.394 e. The maximum absolute atomic E-state index is 13.5. The molecule has 4 rings (SSSR count). The number of anilines is 3. The van der Waals surface area contributed by atoms with Crippen LogP contribution in [0.25, 0.3) is 11.0 Å². The summed E-state index contributed by atoms with van der Waals surface area (Å²) in [6.45, 7) is 3.40. The quantitative estimate of drug-likeness (QED) is 0.263. The molecule has 0 aliphatic heterocycles. The van der Waals surface area contributed by atoms with Crippen molar-refractivity contribution in [2.24, 2.45) is 0 Å². The van der Waals surface area contributed by atoms with E-state index in [0.717, 1.165) is 10.6 Å². The third-order valence-corrected chi connectivity index (χ3v) is 7.50. The number of rotatable bonds is 9. The van der Waals surface area contributed by atoms with Gasteiger partial charge in [0.25, 0.3) is 0 Å². The highest BCUT2D eigenvalue weighted by molar-refractivity contribution is 7.92. The first kappa shape index (κ1) is 27.7. The molecule has 4 aromatic rings. The number of aliphatic hydroxyl groups is 1. The first-order valence-electron chi connectivity index (χ1n) is 11.9. The van der Waals surface area contributed by atoms with Crippen molar-refractivity contribution in [3.05, 3.63) is 71.8 Å². The van der Waals surface area contributed by atoms with Gasteiger partial charge in [0.05, 0.1) is 48.0 Å². The van der Waals surface area contributed by atoms with Crippen molar-refractivity contribution in [2.45, 2.75) is 25.8 Å². The molecule has 3 aromatic heterocycles. The van der Waals surface area contributed by atoms with E-state index in [1.807, 2.05) is 0 Å². The lowest BCUT2D eigenvalue weighted by Gasteiger charge is -2.24. The Morgan fingerprint density at radius 1 is 1.15 bits per heavy atom. The molecule has 3 heterocycles. The van der Waals surface area contributed by atoms with E-state index in [2.05, 4.69) is 20.3 Å². The van der Waals surface area contributed by atoms with Crippen LogP contribution in [-0.2, 0) is 26.8 Å². The van der Waals surface area contributed by atoms with Gasteiger partial charge in [-0.15, -0.1) is 0 Å². The van der Waals surface area contributed by atoms with Crippen LogP contribution in [0.1, 0.15) is 35.3 Å². The SMILES string of the molecule is CN(c1ccc(CC(=O)Nc2cncc(C(=O)c3cn(C(C)(C)CO)c4nc(N)ncc34)c2)cc1)S(C)(=O)=O. The van der Waals surface area contributed by atoms with Gasteiger partial charge < -0.3 is 20.7 Å². The highest BCUT2D eigenvalue weighted by Crippen LogP contribution is 2.28. The maximum Gasteiger partial charge on any atom is 0.231 e. The summed E-state index contributed by atoms with van der Waals surface area (Å²) in [5.74, 6) is -0.663. The molecule has 0 bridgehead atoms. The molecule has 4 N–H and O–H groups in total. The molecular formula is C26H29N7O5S. The van der Waals surface area contributed by atoms with Gasteiger partial charge in [-0.2, -0.15) is 4.98 Å². The zero-order valence-corrected chi connectivity index (χ0v) is 22.7. The molecule has 0 unspecified atom stereocenters. The van der Waals surface area contributed by atoms with Crippen LogP contribution in [0.3, 0.4) is 0 Å². The smallest absolute Gasteiger partial charge is 0.231 e. The second-order valence-corrected chi connectivity index (χ2v) is 11.8. The molecule has 0 atom stereocenters. The van der Waals surface area contributed by atoms with Gasteiger partial charge in [-0.25, -0.2) is 13.4 Å². The van der Waals surface area contributed by atoms with Crippen LogP contribution < -0.4 is 15.4 Å². The summed E-state index contributed by atoms with van der Waals surface area (Å²) in [6.07, 6.45) is 7.04. The van der Waals surface area contributed by atoms with E-state index in [-0.39, 0.29) is 36.2 Å². The molecule has 0 radical (unpaired) electrons. The van der Waals surface area contributed by atoms with Crippen LogP contribution in [0, 0.1) is 0 Å². The first-order chi connectivity index (χ1) is 18.3. The van der Waals surface area contributed by atoms with Gasteiger partial charge in [0.1, 0.15) is 5.65 Å². The van der Waals surface area contributed by atoms with E-state index in [9.17, 15) is 23.1 Å². The molecule has 13 heteroatoms. The van der Waals surface area contributed by atoms with Gasteiger partial charge in [0, 0.05) is 36.6 Å². The monoisotopic (exact) mass is 551 g/mol. The lowest BCUT2D eigenvalue weighted by atomic mass is 10.1. The number of aliphatic hydroxyl groups excluding tert-OH is 1. The molecule has 0 fully saturated rings. The average molecular weight is 552 g/mol. The van der Waals surface area contributed by atoms with E-state index in [1.165, 1.54) is 31.7 Å². The Labute approximate surface area is 225 Å². The zero-order valence-electron chi connectivity index (χ0n) is 21.9. The van der Waals surface area contributed by atoms with Gasteiger partial charge in [0.2, 0.25) is 21.9 Å². The van der Waals surface area contributed by atoms with Gasteiger partial charge >= 0.3 is 0 Å². The standard InChI is InChI=1S/C26H29N7O5S/c1-26(2,15-34)33-14-21(20-13-29-25(27)31-24(20)33)23(36)17-10-18(12-28-11-17)30-22(35)9-16-5-7-19(8-6-16)32(3)39(4,37)38/h5-8,10-14,34H,9,15H2,1-4H3,(H,30,35)(H2,27,29,31). The topological polar surface area (TPSA) is 173 Å². The molecule has 39 heavy (non-hydrogen) atoms. The number of nitrogen functional groups attached to an aromatic ring is 1. The van der Waals surface area contributed by atoms with Crippen molar-refractivity contribution < 1.29 is 23.1 Å². The van der Waals surface area contributed by atoms with Crippen molar-refractivity contribution >= 4 is 50.1 Å². The number of pyridine rings is 1. The van der Waals surface area contributed by atoms with Crippen LogP contribution in [-0.4, -0.2) is 64.6 Å². The number of carbonyl (C=O) groups is 2. The highest BCUT2D eigenvalue weighted by Gasteiger charge is 2.27. The van der Waals surface area contributed by atoms with Gasteiger partial charge in [-0.05, 0) is 37.6 Å². The molecule has 0 aliphatic carbocycles. The number of ketones is 1. The Kier molecular flexibility index (Phi) is 7.39. The van der Waals surface area contributed by atoms with E-state index >= 15 is 0 Å². The van der Waals surface area contributed by atoms with Crippen LogP contribution >= 0.6 is 0 Å². The summed E-state index contributed by atoms with van der Waals surface area (Å²) in [5.41, 5.74) is 7.45. The zero-order chi connectivity index (χ0) is 28.5. The van der Waals surface area contributed by atoms with Crippen molar-refractivity contribution in [1.29, 1.82) is 0 Å². The summed E-state index contributed by atoms with van der Waals surface area (Å²) in [6, 6.07) is 8.11. The fraction of sp³-hybridized carbons (Fsp3) is 0.269. The summed E-state index contributed by atoms with van der Waals surface area (Å²) in [4.78, 5) is 38.6.